The van der Waals surface area contributed by atoms with Crippen LogP contribution in [0.5, 0.6) is 0 Å². The molecule has 0 amide bonds. The summed E-state index contributed by atoms with van der Waals surface area (Å²) in [6, 6.07) is 28.6. The molecule has 2 saturated carbocycles. The number of hydrogen-bond acceptors (Lipinski definition) is 5. The van der Waals surface area contributed by atoms with E-state index < -0.39 is 53.8 Å². The largest absolute Gasteiger partial charge is 0.299 e. The molecule has 4 aromatic rings. The molecule has 0 bridgehead atoms. The predicted molar refractivity (Wildman–Crippen MR) is 178 cm³/mol. The van der Waals surface area contributed by atoms with Crippen LogP contribution in [-0.2, 0) is 24.5 Å². The van der Waals surface area contributed by atoms with Crippen molar-refractivity contribution >= 4 is 37.1 Å². The molecule has 2 fully saturated rings. The van der Waals surface area contributed by atoms with Crippen molar-refractivity contribution in [2.24, 2.45) is 11.8 Å². The summed E-state index contributed by atoms with van der Waals surface area (Å²) in [6.07, 6.45) is 0.353. The van der Waals surface area contributed by atoms with Gasteiger partial charge in [-0.1, -0.05) is 89.0 Å². The van der Waals surface area contributed by atoms with Crippen LogP contribution in [-0.4, -0.2) is 33.1 Å². The SMILES string of the molecule is Cc1ccc([C@@H]2C[C@@H]3C(S(=O)(=O)c4ccc(C)cc4)[C@H](c4ccc(Cl)cc4)CC(=O)[C@@H]3CC2S(=O)(=O)c2ccc(C)cc2)cc1. The molecule has 0 spiro atoms. The van der Waals surface area contributed by atoms with Crippen LogP contribution in [0, 0.1) is 32.6 Å². The van der Waals surface area contributed by atoms with E-state index in [0.717, 1.165) is 27.8 Å². The Balaban J connectivity index is 1.51. The smallest absolute Gasteiger partial charge is 0.182 e. The van der Waals surface area contributed by atoms with Crippen molar-refractivity contribution in [3.8, 4) is 0 Å². The molecule has 2 aliphatic carbocycles. The van der Waals surface area contributed by atoms with Crippen molar-refractivity contribution in [2.75, 3.05) is 0 Å². The van der Waals surface area contributed by atoms with E-state index in [2.05, 4.69) is 0 Å². The topological polar surface area (TPSA) is 85.3 Å². The number of aryl methyl sites for hydroxylation is 3. The lowest BCUT2D eigenvalue weighted by atomic mass is 9.61. The van der Waals surface area contributed by atoms with E-state index >= 15 is 0 Å². The normalized spacial score (nSPS) is 25.5. The molecule has 6 rings (SSSR count). The number of benzene rings is 4. The minimum absolute atomic E-state index is 0.0189. The Morgan fingerprint density at radius 2 is 1.00 bits per heavy atom. The van der Waals surface area contributed by atoms with Crippen molar-refractivity contribution in [3.63, 3.8) is 0 Å². The number of hydrogen-bond donors (Lipinski definition) is 0. The first kappa shape index (κ1) is 31.7. The first-order valence-corrected chi connectivity index (χ1v) is 18.8. The number of carbonyl (C=O) groups is 1. The van der Waals surface area contributed by atoms with Gasteiger partial charge in [0.1, 0.15) is 5.78 Å². The van der Waals surface area contributed by atoms with Crippen molar-refractivity contribution in [1.82, 2.24) is 0 Å². The molecule has 45 heavy (non-hydrogen) atoms. The van der Waals surface area contributed by atoms with E-state index in [9.17, 15) is 21.6 Å². The van der Waals surface area contributed by atoms with Crippen molar-refractivity contribution < 1.29 is 21.6 Å². The third kappa shape index (κ3) is 6.02. The third-order valence-corrected chi connectivity index (χ3v) is 14.7. The van der Waals surface area contributed by atoms with Gasteiger partial charge in [0.15, 0.2) is 19.7 Å². The molecule has 234 valence electrons. The molecule has 0 heterocycles. The zero-order valence-corrected chi connectivity index (χ0v) is 27.9. The summed E-state index contributed by atoms with van der Waals surface area (Å²) < 4.78 is 58.0. The Hall–Kier alpha value is -3.26. The van der Waals surface area contributed by atoms with Crippen molar-refractivity contribution in [2.45, 2.75) is 72.2 Å². The van der Waals surface area contributed by atoms with E-state index in [1.165, 1.54) is 0 Å². The molecule has 0 aromatic heterocycles. The number of ketones is 1. The van der Waals surface area contributed by atoms with Gasteiger partial charge in [-0.05, 0) is 87.1 Å². The van der Waals surface area contributed by atoms with Gasteiger partial charge in [-0.2, -0.15) is 0 Å². The van der Waals surface area contributed by atoms with Crippen LogP contribution in [0.25, 0.3) is 0 Å². The predicted octanol–water partition coefficient (Wildman–Crippen LogP) is 7.82. The summed E-state index contributed by atoms with van der Waals surface area (Å²) in [6.45, 7) is 5.79. The highest BCUT2D eigenvalue weighted by Crippen LogP contribution is 2.54. The van der Waals surface area contributed by atoms with Crippen molar-refractivity contribution in [1.29, 1.82) is 0 Å². The van der Waals surface area contributed by atoms with E-state index in [1.54, 1.807) is 60.7 Å². The van der Waals surface area contributed by atoms with Crippen LogP contribution < -0.4 is 0 Å². The molecule has 8 heteroatoms. The quantitative estimate of drug-likeness (QED) is 0.211. The zero-order chi connectivity index (χ0) is 32.1. The lowest BCUT2D eigenvalue weighted by Gasteiger charge is -2.48. The van der Waals surface area contributed by atoms with Crippen molar-refractivity contribution in [3.05, 3.63) is 130 Å². The summed E-state index contributed by atoms with van der Waals surface area (Å²) in [5, 5.41) is -1.26. The zero-order valence-electron chi connectivity index (χ0n) is 25.6. The Bertz CT molecular complexity index is 1920. The van der Waals surface area contributed by atoms with Crippen LogP contribution in [0.15, 0.2) is 107 Å². The van der Waals surface area contributed by atoms with Gasteiger partial charge in [-0.25, -0.2) is 16.8 Å². The maximum absolute atomic E-state index is 14.7. The second kappa shape index (κ2) is 12.2. The lowest BCUT2D eigenvalue weighted by molar-refractivity contribution is -0.128. The number of sulfone groups is 2. The van der Waals surface area contributed by atoms with Crippen LogP contribution >= 0.6 is 11.6 Å². The average Bonchev–Trinajstić information content (AvgIpc) is 3.01. The Morgan fingerprint density at radius 1 is 0.556 bits per heavy atom. The minimum atomic E-state index is -3.94. The highest BCUT2D eigenvalue weighted by Gasteiger charge is 2.56. The number of fused-ring (bicyclic) bond motifs is 1. The fourth-order valence-electron chi connectivity index (χ4n) is 7.47. The van der Waals surface area contributed by atoms with Gasteiger partial charge >= 0.3 is 0 Å². The monoisotopic (exact) mass is 660 g/mol. The van der Waals surface area contributed by atoms with E-state index in [-0.39, 0.29) is 34.8 Å². The number of Topliss-reactive ketones (excluding diaryl/α,β-unsaturated/α-hetero) is 1. The standard InChI is InChI=1S/C37H37ClO5S2/c1-23-4-10-26(11-5-23)31-20-34-33(22-36(31)44(40,41)29-16-6-24(2)7-17-29)35(39)21-32(27-12-14-28(38)15-13-27)37(34)45(42,43)30-18-8-25(3)9-19-30/h4-19,31-34,36-37H,20-22H2,1-3H3/t31-,32-,33+,34-,36?,37?/m0/s1. The van der Waals surface area contributed by atoms with Crippen LogP contribution in [0.4, 0.5) is 0 Å². The van der Waals surface area contributed by atoms with E-state index in [1.807, 2.05) is 57.2 Å². The molecule has 4 aromatic carbocycles. The maximum Gasteiger partial charge on any atom is 0.182 e. The maximum atomic E-state index is 14.7. The fraction of sp³-hybridized carbons (Fsp3) is 0.324. The highest BCUT2D eigenvalue weighted by molar-refractivity contribution is 7.92. The second-order valence-electron chi connectivity index (χ2n) is 12.8. The fourth-order valence-corrected chi connectivity index (χ4v) is 11.9. The van der Waals surface area contributed by atoms with Crippen LogP contribution in [0.3, 0.4) is 0 Å². The van der Waals surface area contributed by atoms with Crippen LogP contribution in [0.1, 0.15) is 58.9 Å². The number of carbonyl (C=O) groups excluding carboxylic acids is 1. The van der Waals surface area contributed by atoms with Gasteiger partial charge in [0.05, 0.1) is 20.3 Å². The molecule has 6 atom stereocenters. The summed E-state index contributed by atoms with van der Waals surface area (Å²) in [7, 11) is -7.79. The van der Waals surface area contributed by atoms with Gasteiger partial charge in [0, 0.05) is 29.2 Å². The lowest BCUT2D eigenvalue weighted by Crippen LogP contribution is -2.53. The Morgan fingerprint density at radius 3 is 1.53 bits per heavy atom. The van der Waals surface area contributed by atoms with E-state index in [4.69, 9.17) is 11.6 Å². The number of halogens is 1. The molecular weight excluding hydrogens is 624 g/mol. The molecule has 0 radical (unpaired) electrons. The molecule has 0 aliphatic heterocycles. The summed E-state index contributed by atoms with van der Waals surface area (Å²) in [4.78, 5) is 14.5. The molecule has 2 unspecified atom stereocenters. The molecule has 5 nitrogen and oxygen atoms in total. The molecule has 0 saturated heterocycles. The molecular formula is C37H37ClO5S2. The summed E-state index contributed by atoms with van der Waals surface area (Å²) in [5.74, 6) is -2.45. The first-order valence-electron chi connectivity index (χ1n) is 15.3. The van der Waals surface area contributed by atoms with Gasteiger partial charge in [-0.15, -0.1) is 0 Å². The van der Waals surface area contributed by atoms with Gasteiger partial charge in [-0.3, -0.25) is 4.79 Å². The number of rotatable bonds is 6. The average molecular weight is 661 g/mol. The Labute approximate surface area is 271 Å². The molecule has 0 N–H and O–H groups in total. The first-order chi connectivity index (χ1) is 21.4. The Kier molecular flexibility index (Phi) is 8.57. The van der Waals surface area contributed by atoms with Gasteiger partial charge in [0.2, 0.25) is 0 Å². The van der Waals surface area contributed by atoms with Gasteiger partial charge < -0.3 is 0 Å². The van der Waals surface area contributed by atoms with Crippen LogP contribution in [0.2, 0.25) is 5.02 Å². The third-order valence-electron chi connectivity index (χ3n) is 9.89. The second-order valence-corrected chi connectivity index (χ2v) is 17.5. The van der Waals surface area contributed by atoms with Gasteiger partial charge in [0.25, 0.3) is 0 Å². The van der Waals surface area contributed by atoms with E-state index in [0.29, 0.717) is 5.02 Å². The summed E-state index contributed by atoms with van der Waals surface area (Å²) >= 11 is 6.20. The summed E-state index contributed by atoms with van der Waals surface area (Å²) in [5.41, 5.74) is 4.52. The minimum Gasteiger partial charge on any atom is -0.299 e. The molecule has 2 aliphatic rings. The highest BCUT2D eigenvalue weighted by atomic mass is 35.5.